The lowest BCUT2D eigenvalue weighted by molar-refractivity contribution is -0.142. The lowest BCUT2D eigenvalue weighted by Crippen LogP contribution is -2.46. The van der Waals surface area contributed by atoms with Gasteiger partial charge in [-0.1, -0.05) is 26.0 Å². The monoisotopic (exact) mass is 364 g/mol. The predicted octanol–water partition coefficient (Wildman–Crippen LogP) is 2.54. The Bertz CT molecular complexity index is 757. The van der Waals surface area contributed by atoms with Crippen molar-refractivity contribution in [2.24, 2.45) is 5.92 Å². The number of aromatic nitrogens is 1. The van der Waals surface area contributed by atoms with Crippen molar-refractivity contribution in [2.45, 2.75) is 43.4 Å². The standard InChI is InChI=1S/C18H24N2O4S/c1-10(2)7-14(17(22)20-13(9-21)18(23)24)25-15-8-19-12-6-4-5-11(3)16(12)15/h4-6,8,10,13-14,19,21H,7,9H2,1-3H3,(H,20,22)(H,23,24). The van der Waals surface area contributed by atoms with Crippen molar-refractivity contribution in [3.63, 3.8) is 0 Å². The molecule has 0 aliphatic carbocycles. The van der Waals surface area contributed by atoms with Crippen LogP contribution in [0.3, 0.4) is 0 Å². The fourth-order valence-corrected chi connectivity index (χ4v) is 4.14. The van der Waals surface area contributed by atoms with Gasteiger partial charge < -0.3 is 20.5 Å². The summed E-state index contributed by atoms with van der Waals surface area (Å²) in [4.78, 5) is 27.8. The number of aliphatic hydroxyl groups excluding tert-OH is 1. The van der Waals surface area contributed by atoms with Crippen LogP contribution in [0.1, 0.15) is 25.8 Å². The molecule has 7 heteroatoms. The molecule has 1 amide bonds. The molecule has 4 N–H and O–H groups in total. The van der Waals surface area contributed by atoms with Crippen molar-refractivity contribution in [2.75, 3.05) is 6.61 Å². The van der Waals surface area contributed by atoms with Gasteiger partial charge in [0.15, 0.2) is 0 Å². The van der Waals surface area contributed by atoms with Crippen LogP contribution in [0, 0.1) is 12.8 Å². The van der Waals surface area contributed by atoms with Crippen LogP contribution in [-0.4, -0.2) is 45.0 Å². The number of benzene rings is 1. The number of aryl methyl sites for hydroxylation is 1. The van der Waals surface area contributed by atoms with E-state index < -0.39 is 23.9 Å². The second-order valence-corrected chi connectivity index (χ2v) is 7.71. The third-order valence-electron chi connectivity index (χ3n) is 3.92. The van der Waals surface area contributed by atoms with Crippen LogP contribution in [0.5, 0.6) is 0 Å². The number of carboxylic acids is 1. The molecule has 25 heavy (non-hydrogen) atoms. The fourth-order valence-electron chi connectivity index (χ4n) is 2.66. The molecule has 0 saturated carbocycles. The minimum absolute atomic E-state index is 0.270. The van der Waals surface area contributed by atoms with Gasteiger partial charge in [0.1, 0.15) is 6.04 Å². The van der Waals surface area contributed by atoms with Crippen molar-refractivity contribution in [3.05, 3.63) is 30.0 Å². The summed E-state index contributed by atoms with van der Waals surface area (Å²) < 4.78 is 0. The van der Waals surface area contributed by atoms with E-state index in [2.05, 4.69) is 10.3 Å². The lowest BCUT2D eigenvalue weighted by atomic mass is 10.1. The van der Waals surface area contributed by atoms with Crippen LogP contribution >= 0.6 is 11.8 Å². The highest BCUT2D eigenvalue weighted by atomic mass is 32.2. The first-order valence-corrected chi connectivity index (χ1v) is 9.08. The van der Waals surface area contributed by atoms with E-state index in [4.69, 9.17) is 10.2 Å². The molecule has 1 heterocycles. The van der Waals surface area contributed by atoms with Gasteiger partial charge in [0.05, 0.1) is 11.9 Å². The second kappa shape index (κ2) is 8.40. The van der Waals surface area contributed by atoms with E-state index in [-0.39, 0.29) is 11.8 Å². The number of aliphatic hydroxyl groups is 1. The molecular weight excluding hydrogens is 340 g/mol. The molecule has 0 aliphatic rings. The molecule has 0 bridgehead atoms. The largest absolute Gasteiger partial charge is 0.480 e. The number of aromatic amines is 1. The number of carboxylic acid groups (broad SMARTS) is 1. The number of nitrogens with one attached hydrogen (secondary N) is 2. The summed E-state index contributed by atoms with van der Waals surface area (Å²) in [5.74, 6) is -1.35. The maximum Gasteiger partial charge on any atom is 0.328 e. The first-order valence-electron chi connectivity index (χ1n) is 8.20. The van der Waals surface area contributed by atoms with Crippen LogP contribution in [0.25, 0.3) is 10.9 Å². The number of thioether (sulfide) groups is 1. The summed E-state index contributed by atoms with van der Waals surface area (Å²) in [5.41, 5.74) is 2.12. The topological polar surface area (TPSA) is 102 Å². The van der Waals surface area contributed by atoms with Gasteiger partial charge in [0, 0.05) is 22.0 Å². The zero-order valence-electron chi connectivity index (χ0n) is 14.6. The number of H-pyrrole nitrogens is 1. The summed E-state index contributed by atoms with van der Waals surface area (Å²) in [6.07, 6.45) is 2.48. The van der Waals surface area contributed by atoms with Crippen LogP contribution in [0.15, 0.2) is 29.3 Å². The van der Waals surface area contributed by atoms with Gasteiger partial charge in [0.25, 0.3) is 0 Å². The minimum atomic E-state index is -1.28. The Morgan fingerprint density at radius 3 is 2.64 bits per heavy atom. The van der Waals surface area contributed by atoms with Gasteiger partial charge in [-0.05, 0) is 30.9 Å². The van der Waals surface area contributed by atoms with Gasteiger partial charge >= 0.3 is 5.97 Å². The van der Waals surface area contributed by atoms with Crippen molar-refractivity contribution < 1.29 is 19.8 Å². The summed E-state index contributed by atoms with van der Waals surface area (Å²) >= 11 is 1.42. The molecule has 1 aromatic carbocycles. The van der Waals surface area contributed by atoms with Crippen molar-refractivity contribution in [1.29, 1.82) is 0 Å². The molecule has 0 radical (unpaired) electrons. The SMILES string of the molecule is Cc1cccc2[nH]cc(SC(CC(C)C)C(=O)NC(CO)C(=O)O)c12. The molecule has 2 aromatic rings. The molecular formula is C18H24N2O4S. The van der Waals surface area contributed by atoms with E-state index in [1.165, 1.54) is 11.8 Å². The highest BCUT2D eigenvalue weighted by Gasteiger charge is 2.27. The quantitative estimate of drug-likeness (QED) is 0.539. The first kappa shape index (κ1) is 19.3. The highest BCUT2D eigenvalue weighted by molar-refractivity contribution is 8.00. The Labute approximate surface area is 151 Å². The molecule has 1 aromatic heterocycles. The maximum atomic E-state index is 12.6. The summed E-state index contributed by atoms with van der Waals surface area (Å²) in [6, 6.07) is 4.69. The second-order valence-electron chi connectivity index (χ2n) is 6.47. The highest BCUT2D eigenvalue weighted by Crippen LogP contribution is 2.35. The molecule has 2 unspecified atom stereocenters. The zero-order valence-corrected chi connectivity index (χ0v) is 15.4. The van der Waals surface area contributed by atoms with E-state index in [1.54, 1.807) is 0 Å². The number of fused-ring (bicyclic) bond motifs is 1. The first-order chi connectivity index (χ1) is 11.8. The third-order valence-corrected chi connectivity index (χ3v) is 5.19. The number of amides is 1. The van der Waals surface area contributed by atoms with Gasteiger partial charge in [-0.15, -0.1) is 11.8 Å². The van der Waals surface area contributed by atoms with Crippen molar-refractivity contribution in [1.82, 2.24) is 10.3 Å². The van der Waals surface area contributed by atoms with E-state index in [0.29, 0.717) is 6.42 Å². The number of rotatable bonds is 8. The molecule has 136 valence electrons. The molecule has 0 saturated heterocycles. The van der Waals surface area contributed by atoms with Crippen molar-refractivity contribution in [3.8, 4) is 0 Å². The summed E-state index contributed by atoms with van der Waals surface area (Å²) in [7, 11) is 0. The molecule has 0 spiro atoms. The van der Waals surface area contributed by atoms with Crippen LogP contribution < -0.4 is 5.32 Å². The smallest absolute Gasteiger partial charge is 0.328 e. The fraction of sp³-hybridized carbons (Fsp3) is 0.444. The number of hydrogen-bond donors (Lipinski definition) is 4. The average Bonchev–Trinajstić information content (AvgIpc) is 2.95. The third kappa shape index (κ3) is 4.76. The van der Waals surface area contributed by atoms with Gasteiger partial charge in [-0.2, -0.15) is 0 Å². The van der Waals surface area contributed by atoms with Crippen LogP contribution in [-0.2, 0) is 9.59 Å². The van der Waals surface area contributed by atoms with Crippen LogP contribution in [0.4, 0.5) is 0 Å². The number of aliphatic carboxylic acids is 1. The van der Waals surface area contributed by atoms with E-state index >= 15 is 0 Å². The van der Waals surface area contributed by atoms with Crippen molar-refractivity contribution >= 4 is 34.5 Å². The van der Waals surface area contributed by atoms with Gasteiger partial charge in [-0.3, -0.25) is 4.79 Å². The Kier molecular flexibility index (Phi) is 6.50. The Hall–Kier alpha value is -1.99. The minimum Gasteiger partial charge on any atom is -0.480 e. The number of hydrogen-bond acceptors (Lipinski definition) is 4. The zero-order chi connectivity index (χ0) is 18.6. The maximum absolute atomic E-state index is 12.6. The Balaban J connectivity index is 2.25. The predicted molar refractivity (Wildman–Crippen MR) is 98.8 cm³/mol. The summed E-state index contributed by atoms with van der Waals surface area (Å²) in [5, 5.41) is 21.2. The Morgan fingerprint density at radius 1 is 1.32 bits per heavy atom. The lowest BCUT2D eigenvalue weighted by Gasteiger charge is -2.20. The Morgan fingerprint density at radius 2 is 2.04 bits per heavy atom. The normalized spacial score (nSPS) is 13.8. The van der Waals surface area contributed by atoms with Gasteiger partial charge in [-0.25, -0.2) is 4.79 Å². The van der Waals surface area contributed by atoms with Gasteiger partial charge in [0.2, 0.25) is 5.91 Å². The number of carbonyl (C=O) groups excluding carboxylic acids is 1. The summed E-state index contributed by atoms with van der Waals surface area (Å²) in [6.45, 7) is 5.42. The van der Waals surface area contributed by atoms with E-state index in [1.807, 2.05) is 45.2 Å². The average molecular weight is 364 g/mol. The van der Waals surface area contributed by atoms with E-state index in [0.717, 1.165) is 21.4 Å². The molecule has 0 fully saturated rings. The van der Waals surface area contributed by atoms with Crippen LogP contribution in [0.2, 0.25) is 0 Å². The molecule has 0 aliphatic heterocycles. The molecule has 2 atom stereocenters. The molecule has 6 nitrogen and oxygen atoms in total. The number of carbonyl (C=O) groups is 2. The van der Waals surface area contributed by atoms with E-state index in [9.17, 15) is 9.59 Å². The molecule has 2 rings (SSSR count).